The van der Waals surface area contributed by atoms with E-state index in [-0.39, 0.29) is 11.4 Å². The molecule has 1 aromatic rings. The van der Waals surface area contributed by atoms with Crippen molar-refractivity contribution in [2.75, 3.05) is 32.1 Å². The Morgan fingerprint density at radius 2 is 1.95 bits per heavy atom. The second-order valence-electron chi connectivity index (χ2n) is 6.10. The molecule has 1 aromatic carbocycles. The lowest BCUT2D eigenvalue weighted by atomic mass is 10.1. The highest BCUT2D eigenvalue weighted by Gasteiger charge is 2.11. The van der Waals surface area contributed by atoms with Gasteiger partial charge < -0.3 is 15.5 Å². The van der Waals surface area contributed by atoms with Crippen LogP contribution in [0.4, 0.5) is 10.1 Å². The molecule has 2 N–H and O–H groups in total. The van der Waals surface area contributed by atoms with E-state index in [1.165, 1.54) is 6.07 Å². The van der Waals surface area contributed by atoms with E-state index < -0.39 is 0 Å². The SMILES string of the molecule is CN=C(NCCCN(C)c1ccccc1F)NC(C)(C)C. The highest BCUT2D eigenvalue weighted by Crippen LogP contribution is 2.16. The number of halogens is 1. The first-order valence-corrected chi connectivity index (χ1v) is 7.28. The van der Waals surface area contributed by atoms with Gasteiger partial charge in [-0.15, -0.1) is 0 Å². The number of hydrogen-bond donors (Lipinski definition) is 2. The van der Waals surface area contributed by atoms with Gasteiger partial charge in [0.2, 0.25) is 0 Å². The van der Waals surface area contributed by atoms with Crippen molar-refractivity contribution in [2.45, 2.75) is 32.7 Å². The van der Waals surface area contributed by atoms with E-state index in [9.17, 15) is 4.39 Å². The first-order chi connectivity index (χ1) is 9.83. The molecule has 0 aliphatic rings. The van der Waals surface area contributed by atoms with E-state index in [1.807, 2.05) is 18.0 Å². The Kier molecular flexibility index (Phi) is 6.46. The summed E-state index contributed by atoms with van der Waals surface area (Å²) in [6, 6.07) is 6.83. The summed E-state index contributed by atoms with van der Waals surface area (Å²) < 4.78 is 13.6. The van der Waals surface area contributed by atoms with Crippen LogP contribution in [-0.4, -0.2) is 38.7 Å². The van der Waals surface area contributed by atoms with Crippen molar-refractivity contribution >= 4 is 11.6 Å². The van der Waals surface area contributed by atoms with Crippen LogP contribution in [0.2, 0.25) is 0 Å². The number of aliphatic imine (C=N–C) groups is 1. The minimum absolute atomic E-state index is 0.0220. The monoisotopic (exact) mass is 294 g/mol. The van der Waals surface area contributed by atoms with Gasteiger partial charge in [-0.2, -0.15) is 0 Å². The van der Waals surface area contributed by atoms with Gasteiger partial charge in [0, 0.05) is 32.7 Å². The molecule has 0 spiro atoms. The predicted molar refractivity (Wildman–Crippen MR) is 88.5 cm³/mol. The molecule has 0 atom stereocenters. The van der Waals surface area contributed by atoms with Crippen molar-refractivity contribution in [1.82, 2.24) is 10.6 Å². The summed E-state index contributed by atoms with van der Waals surface area (Å²) in [5.74, 6) is 0.606. The molecule has 118 valence electrons. The zero-order valence-electron chi connectivity index (χ0n) is 13.7. The summed E-state index contributed by atoms with van der Waals surface area (Å²) in [7, 11) is 3.66. The van der Waals surface area contributed by atoms with Gasteiger partial charge in [-0.1, -0.05) is 12.1 Å². The van der Waals surface area contributed by atoms with Crippen LogP contribution in [0.25, 0.3) is 0 Å². The van der Waals surface area contributed by atoms with Crippen LogP contribution in [0, 0.1) is 5.82 Å². The summed E-state index contributed by atoms with van der Waals surface area (Å²) in [5, 5.41) is 6.57. The Labute approximate surface area is 127 Å². The molecule has 0 heterocycles. The summed E-state index contributed by atoms with van der Waals surface area (Å²) in [5.41, 5.74) is 0.612. The Hall–Kier alpha value is -1.78. The van der Waals surface area contributed by atoms with Crippen molar-refractivity contribution in [3.05, 3.63) is 30.1 Å². The van der Waals surface area contributed by atoms with Crippen molar-refractivity contribution in [1.29, 1.82) is 0 Å². The van der Waals surface area contributed by atoms with Crippen molar-refractivity contribution in [3.63, 3.8) is 0 Å². The number of hydrogen-bond acceptors (Lipinski definition) is 2. The van der Waals surface area contributed by atoms with Crippen molar-refractivity contribution < 1.29 is 4.39 Å². The molecule has 1 rings (SSSR count). The van der Waals surface area contributed by atoms with E-state index >= 15 is 0 Å². The molecule has 0 fully saturated rings. The lowest BCUT2D eigenvalue weighted by molar-refractivity contribution is 0.501. The maximum Gasteiger partial charge on any atom is 0.191 e. The van der Waals surface area contributed by atoms with Crippen molar-refractivity contribution in [3.8, 4) is 0 Å². The molecular weight excluding hydrogens is 267 g/mol. The fourth-order valence-electron chi connectivity index (χ4n) is 1.94. The zero-order chi connectivity index (χ0) is 15.9. The number of benzene rings is 1. The smallest absolute Gasteiger partial charge is 0.191 e. The van der Waals surface area contributed by atoms with Crippen LogP contribution in [0.15, 0.2) is 29.3 Å². The third kappa shape index (κ3) is 6.47. The fraction of sp³-hybridized carbons (Fsp3) is 0.562. The normalized spacial score (nSPS) is 12.2. The Bertz CT molecular complexity index is 466. The summed E-state index contributed by atoms with van der Waals surface area (Å²) in [6.07, 6.45) is 0.898. The first kappa shape index (κ1) is 17.3. The van der Waals surface area contributed by atoms with Gasteiger partial charge >= 0.3 is 0 Å². The lowest BCUT2D eigenvalue weighted by Gasteiger charge is -2.24. The number of para-hydroxylation sites is 1. The first-order valence-electron chi connectivity index (χ1n) is 7.28. The number of guanidine groups is 1. The number of nitrogens with zero attached hydrogens (tertiary/aromatic N) is 2. The van der Waals surface area contributed by atoms with E-state index in [0.717, 1.165) is 25.5 Å². The minimum Gasteiger partial charge on any atom is -0.372 e. The second-order valence-corrected chi connectivity index (χ2v) is 6.10. The molecule has 21 heavy (non-hydrogen) atoms. The Balaban J connectivity index is 2.35. The largest absolute Gasteiger partial charge is 0.372 e. The predicted octanol–water partition coefficient (Wildman–Crippen LogP) is 2.62. The molecule has 0 radical (unpaired) electrons. The fourth-order valence-corrected chi connectivity index (χ4v) is 1.94. The maximum absolute atomic E-state index is 13.6. The number of anilines is 1. The molecule has 0 amide bonds. The Morgan fingerprint density at radius 1 is 1.29 bits per heavy atom. The quantitative estimate of drug-likeness (QED) is 0.498. The topological polar surface area (TPSA) is 39.7 Å². The summed E-state index contributed by atoms with van der Waals surface area (Å²) in [6.45, 7) is 7.83. The maximum atomic E-state index is 13.6. The molecule has 0 aliphatic heterocycles. The molecule has 0 aromatic heterocycles. The third-order valence-corrected chi connectivity index (χ3v) is 2.94. The van der Waals surface area contributed by atoms with E-state index in [0.29, 0.717) is 5.69 Å². The molecule has 0 saturated heterocycles. The molecule has 0 bridgehead atoms. The van der Waals surface area contributed by atoms with Crippen LogP contribution in [-0.2, 0) is 0 Å². The average Bonchev–Trinajstić information content (AvgIpc) is 2.41. The van der Waals surface area contributed by atoms with Crippen LogP contribution in [0.1, 0.15) is 27.2 Å². The highest BCUT2D eigenvalue weighted by atomic mass is 19.1. The molecule has 0 unspecified atom stereocenters. The van der Waals surface area contributed by atoms with Crippen LogP contribution in [0.5, 0.6) is 0 Å². The molecule has 0 aliphatic carbocycles. The van der Waals surface area contributed by atoms with Gasteiger partial charge in [-0.25, -0.2) is 4.39 Å². The zero-order valence-corrected chi connectivity index (χ0v) is 13.7. The van der Waals surface area contributed by atoms with Crippen LogP contribution >= 0.6 is 0 Å². The summed E-state index contributed by atoms with van der Waals surface area (Å²) >= 11 is 0. The third-order valence-electron chi connectivity index (χ3n) is 2.94. The van der Waals surface area contributed by atoms with E-state index in [2.05, 4.69) is 36.4 Å². The Morgan fingerprint density at radius 3 is 2.52 bits per heavy atom. The van der Waals surface area contributed by atoms with Crippen LogP contribution < -0.4 is 15.5 Å². The van der Waals surface area contributed by atoms with Gasteiger partial charge in [0.1, 0.15) is 5.82 Å². The second kappa shape index (κ2) is 7.86. The number of rotatable bonds is 5. The highest BCUT2D eigenvalue weighted by molar-refractivity contribution is 5.80. The molecule has 4 nitrogen and oxygen atoms in total. The molecular formula is C16H27FN4. The minimum atomic E-state index is -0.182. The van der Waals surface area contributed by atoms with Gasteiger partial charge in [0.25, 0.3) is 0 Å². The molecule has 5 heteroatoms. The summed E-state index contributed by atoms with van der Waals surface area (Å²) in [4.78, 5) is 6.11. The van der Waals surface area contributed by atoms with Gasteiger partial charge in [-0.3, -0.25) is 4.99 Å². The standard InChI is InChI=1S/C16H27FN4/c1-16(2,3)20-15(18-4)19-11-8-12-21(5)14-10-7-6-9-13(14)17/h6-7,9-10H,8,11-12H2,1-5H3,(H2,18,19,20). The van der Waals surface area contributed by atoms with E-state index in [1.54, 1.807) is 19.2 Å². The average molecular weight is 294 g/mol. The van der Waals surface area contributed by atoms with Crippen LogP contribution in [0.3, 0.4) is 0 Å². The molecule has 0 saturated carbocycles. The van der Waals surface area contributed by atoms with Gasteiger partial charge in [-0.05, 0) is 39.3 Å². The number of nitrogens with one attached hydrogen (secondary N) is 2. The lowest BCUT2D eigenvalue weighted by Crippen LogP contribution is -2.48. The van der Waals surface area contributed by atoms with E-state index in [4.69, 9.17) is 0 Å². The van der Waals surface area contributed by atoms with Gasteiger partial charge in [0.05, 0.1) is 5.69 Å². The van der Waals surface area contributed by atoms with Gasteiger partial charge in [0.15, 0.2) is 5.96 Å². The van der Waals surface area contributed by atoms with Crippen molar-refractivity contribution in [2.24, 2.45) is 4.99 Å².